The summed E-state index contributed by atoms with van der Waals surface area (Å²) in [6.07, 6.45) is 50.3. The fourth-order valence-electron chi connectivity index (χ4n) is 20.3. The molecule has 0 fully saturated rings. The third-order valence-electron chi connectivity index (χ3n) is 27.0. The lowest BCUT2D eigenvalue weighted by Gasteiger charge is -2.35. The van der Waals surface area contributed by atoms with Crippen LogP contribution in [0.3, 0.4) is 0 Å². The van der Waals surface area contributed by atoms with Gasteiger partial charge in [0.15, 0.2) is 0 Å². The molecule has 2 aliphatic rings. The predicted molar refractivity (Wildman–Crippen MR) is 517 cm³/mol. The van der Waals surface area contributed by atoms with E-state index >= 15 is 0 Å². The van der Waals surface area contributed by atoms with E-state index in [0.29, 0.717) is 0 Å². The Morgan fingerprint density at radius 1 is 0.246 bits per heavy atom. The molecule has 0 bridgehead atoms. The van der Waals surface area contributed by atoms with Crippen LogP contribution in [-0.4, -0.2) is 0 Å². The smallest absolute Gasteiger partial charge is 0.0540 e. The molecule has 13 rings (SSSR count). The molecule has 0 aromatic heterocycles. The van der Waals surface area contributed by atoms with Crippen LogP contribution in [0.4, 0.5) is 34.1 Å². The van der Waals surface area contributed by atoms with Gasteiger partial charge in [-0.1, -0.05) is 410 Å². The average Bonchev–Trinajstić information content (AvgIpc) is 1.53. The maximum absolute atomic E-state index is 4.05. The Morgan fingerprint density at radius 2 is 0.576 bits per heavy atom. The highest BCUT2D eigenvalue weighted by Gasteiger charge is 2.48. The molecule has 0 heterocycles. The quantitative estimate of drug-likeness (QED) is 0.0351. The lowest BCUT2D eigenvalue weighted by atomic mass is 9.68. The number of benzene rings is 11. The molecule has 0 spiro atoms. The number of aryl methyl sites for hydroxylation is 4. The first-order valence-corrected chi connectivity index (χ1v) is 47.5. The van der Waals surface area contributed by atoms with Crippen molar-refractivity contribution in [3.63, 3.8) is 0 Å². The topological polar surface area (TPSA) is 6.48 Å². The van der Waals surface area contributed by atoms with Crippen LogP contribution in [0, 0.1) is 13.8 Å². The number of hydrogen-bond acceptors (Lipinski definition) is 2. The predicted octanol–water partition coefficient (Wildman–Crippen LogP) is 36.3. The van der Waals surface area contributed by atoms with Crippen molar-refractivity contribution in [1.29, 1.82) is 0 Å². The van der Waals surface area contributed by atoms with Gasteiger partial charge in [0.05, 0.1) is 5.69 Å². The van der Waals surface area contributed by atoms with Crippen LogP contribution in [0.5, 0.6) is 0 Å². The first-order valence-electron chi connectivity index (χ1n) is 47.5. The minimum Gasteiger partial charge on any atom is -0.311 e. The van der Waals surface area contributed by atoms with Gasteiger partial charge >= 0.3 is 0 Å². The summed E-state index contributed by atoms with van der Waals surface area (Å²) >= 11 is 0. The Morgan fingerprint density at radius 3 is 1.02 bits per heavy atom. The summed E-state index contributed by atoms with van der Waals surface area (Å²) in [6, 6.07) is 93.1. The molecule has 0 aliphatic heterocycles. The summed E-state index contributed by atoms with van der Waals surface area (Å²) in [5, 5.41) is 0. The molecule has 0 N–H and O–H groups in total. The highest BCUT2D eigenvalue weighted by Crippen LogP contribution is 2.62. The number of fused-ring (bicyclic) bond motifs is 6. The van der Waals surface area contributed by atoms with Crippen LogP contribution in [-0.2, 0) is 23.7 Å². The van der Waals surface area contributed by atoms with E-state index in [4.69, 9.17) is 0 Å². The lowest BCUT2D eigenvalue weighted by Crippen LogP contribution is -2.27. The molecule has 2 aliphatic carbocycles. The maximum atomic E-state index is 4.05. The fourth-order valence-corrected chi connectivity index (χ4v) is 20.3. The molecular weight excluding hydrogens is 1420 g/mol. The summed E-state index contributed by atoms with van der Waals surface area (Å²) in [6.45, 7) is 22.7. The van der Waals surface area contributed by atoms with Crippen molar-refractivity contribution in [1.82, 2.24) is 0 Å². The van der Waals surface area contributed by atoms with Gasteiger partial charge in [-0.15, -0.1) is 0 Å². The third kappa shape index (κ3) is 20.8. The molecule has 2 nitrogen and oxygen atoms in total. The van der Waals surface area contributed by atoms with Gasteiger partial charge in [0, 0.05) is 44.8 Å². The lowest BCUT2D eigenvalue weighted by molar-refractivity contribution is 0.394. The Hall–Kier alpha value is -9.24. The van der Waals surface area contributed by atoms with Crippen molar-refractivity contribution in [3.05, 3.63) is 293 Å². The van der Waals surface area contributed by atoms with E-state index in [1.54, 1.807) is 33.4 Å². The zero-order valence-electron chi connectivity index (χ0n) is 74.1. The highest BCUT2D eigenvalue weighted by molar-refractivity contribution is 5.93. The van der Waals surface area contributed by atoms with Crippen LogP contribution >= 0.6 is 0 Å². The van der Waals surface area contributed by atoms with Crippen LogP contribution in [0.2, 0.25) is 0 Å². The molecule has 2 heteroatoms. The van der Waals surface area contributed by atoms with Crippen molar-refractivity contribution >= 4 is 40.2 Å². The van der Waals surface area contributed by atoms with E-state index in [2.05, 4.69) is 308 Å². The Kier molecular flexibility index (Phi) is 32.0. The van der Waals surface area contributed by atoms with Gasteiger partial charge in [0.2, 0.25) is 0 Å². The average molecular weight is 1560 g/mol. The molecule has 616 valence electrons. The molecular formula is C116H142N2. The molecule has 11 aromatic carbocycles. The number of para-hydroxylation sites is 1. The molecule has 0 atom stereocenters. The molecule has 0 amide bonds. The number of rotatable bonds is 49. The SMILES string of the molecule is C=Cc1ccc(N(c2ccc(C)cc2)c2ccc(-c3cc(CCCCCC)c(-c4ccc(N(c5ccc(-c6ccc7c(c6)C(CCCCCCCC)(CCCCCCCC)c6cc8c(cc6-7)C(CCCCCCCC)(CCCCCCCC)c6cc(C)ccc6-8)cc5)c5ccccc5-c5ccccc5)cc4)cc3CCCCCC)cc2)cc1. The minimum atomic E-state index is -0.0736. The van der Waals surface area contributed by atoms with Crippen molar-refractivity contribution in [2.75, 3.05) is 9.80 Å². The zero-order chi connectivity index (χ0) is 81.9. The second-order valence-corrected chi connectivity index (χ2v) is 35.6. The normalized spacial score (nSPS) is 12.8. The van der Waals surface area contributed by atoms with E-state index in [9.17, 15) is 0 Å². The second-order valence-electron chi connectivity index (χ2n) is 35.6. The van der Waals surface area contributed by atoms with Gasteiger partial charge in [0.1, 0.15) is 0 Å². The summed E-state index contributed by atoms with van der Waals surface area (Å²) < 4.78 is 0. The van der Waals surface area contributed by atoms with Gasteiger partial charge in [-0.3, -0.25) is 0 Å². The van der Waals surface area contributed by atoms with Crippen LogP contribution in [0.15, 0.2) is 243 Å². The number of anilines is 6. The van der Waals surface area contributed by atoms with Gasteiger partial charge < -0.3 is 9.80 Å². The molecule has 0 saturated carbocycles. The second kappa shape index (κ2) is 43.6. The van der Waals surface area contributed by atoms with Crippen LogP contribution < -0.4 is 9.80 Å². The molecule has 11 aromatic rings. The first kappa shape index (κ1) is 86.6. The summed E-state index contributed by atoms with van der Waals surface area (Å²) in [4.78, 5) is 4.92. The Labute approximate surface area is 715 Å². The number of hydrogen-bond donors (Lipinski definition) is 0. The minimum absolute atomic E-state index is 0.0223. The third-order valence-corrected chi connectivity index (χ3v) is 27.0. The molecule has 0 saturated heterocycles. The van der Waals surface area contributed by atoms with Crippen molar-refractivity contribution in [2.45, 2.75) is 310 Å². The van der Waals surface area contributed by atoms with Crippen molar-refractivity contribution in [3.8, 4) is 66.8 Å². The highest BCUT2D eigenvalue weighted by atomic mass is 15.1. The number of nitrogens with zero attached hydrogens (tertiary/aromatic N) is 2. The monoisotopic (exact) mass is 1560 g/mol. The fraction of sp³-hybridized carbons (Fsp3) is 0.414. The summed E-state index contributed by atoms with van der Waals surface area (Å²) in [5.41, 5.74) is 36.5. The van der Waals surface area contributed by atoms with E-state index in [-0.39, 0.29) is 10.8 Å². The van der Waals surface area contributed by atoms with E-state index in [1.807, 2.05) is 6.08 Å². The Balaban J connectivity index is 0.895. The summed E-state index contributed by atoms with van der Waals surface area (Å²) in [5.74, 6) is 0. The van der Waals surface area contributed by atoms with Gasteiger partial charge in [-0.2, -0.15) is 0 Å². The standard InChI is InChI=1S/C116H142N2/c1-10-17-23-29-33-44-78-115(79-45-34-30-24-18-11-2)110-82-89(9)56-76-104(110)108-86-113-109(87-112(108)115)105-77-65-95(85-111(105)116(113,80-46-35-31-25-19-12-3)81-47-36-32-26-20-13-4)91-59-70-101(71-60-91)118(114-53-43-42-52-103(114)92-48-40-37-41-49-92)102-74-63-94(64-75-102)107-84-96(50-38-27-21-14-5)106(83-97(107)51-39-28-22-15-6)93-61-72-100(73-62-93)117(98-66-54-88(8)55-67-98)99-68-57-90(16-7)58-69-99/h16,37,40-43,48-49,52-77,82-87H,7,10-15,17-36,38-39,44-47,50-51,78-81H2,1-6,8-9H3. The van der Waals surface area contributed by atoms with E-state index in [0.717, 1.165) is 53.3 Å². The van der Waals surface area contributed by atoms with Crippen LogP contribution in [0.25, 0.3) is 72.8 Å². The van der Waals surface area contributed by atoms with Gasteiger partial charge in [-0.05, 0) is 250 Å². The summed E-state index contributed by atoms with van der Waals surface area (Å²) in [7, 11) is 0. The largest absolute Gasteiger partial charge is 0.311 e. The van der Waals surface area contributed by atoms with E-state index < -0.39 is 0 Å². The molecule has 0 radical (unpaired) electrons. The van der Waals surface area contributed by atoms with Gasteiger partial charge in [0.25, 0.3) is 0 Å². The Bertz CT molecular complexity index is 4880. The van der Waals surface area contributed by atoms with Gasteiger partial charge in [-0.25, -0.2) is 0 Å². The van der Waals surface area contributed by atoms with Crippen molar-refractivity contribution < 1.29 is 0 Å². The van der Waals surface area contributed by atoms with Crippen molar-refractivity contribution in [2.24, 2.45) is 0 Å². The number of unbranched alkanes of at least 4 members (excludes halogenated alkanes) is 26. The first-order chi connectivity index (χ1) is 58.1. The van der Waals surface area contributed by atoms with E-state index in [1.165, 1.54) is 308 Å². The maximum Gasteiger partial charge on any atom is 0.0540 e. The molecule has 118 heavy (non-hydrogen) atoms. The molecule has 0 unspecified atom stereocenters. The zero-order valence-corrected chi connectivity index (χ0v) is 74.1. The van der Waals surface area contributed by atoms with Crippen LogP contribution in [0.1, 0.15) is 323 Å².